The zero-order valence-corrected chi connectivity index (χ0v) is 8.56. The number of unbranched alkanes of at least 4 members (excludes halogenated alkanes) is 4. The second-order valence-electron chi connectivity index (χ2n) is 3.73. The summed E-state index contributed by atoms with van der Waals surface area (Å²) < 4.78 is 24.7. The molecule has 0 aliphatic heterocycles. The van der Waals surface area contributed by atoms with Gasteiger partial charge in [-0.15, -0.1) is 0 Å². The molecule has 0 aromatic carbocycles. The van der Waals surface area contributed by atoms with Crippen LogP contribution in [0.25, 0.3) is 0 Å². The van der Waals surface area contributed by atoms with Crippen LogP contribution in [0.3, 0.4) is 0 Å². The third kappa shape index (κ3) is 11.3. The monoisotopic (exact) mass is 208 g/mol. The van der Waals surface area contributed by atoms with Crippen LogP contribution in [0.2, 0.25) is 0 Å². The first kappa shape index (κ1) is 13.3. The van der Waals surface area contributed by atoms with Gasteiger partial charge in [0.1, 0.15) is 0 Å². The minimum Gasteiger partial charge on any atom is -0.481 e. The first-order valence-corrected chi connectivity index (χ1v) is 5.01. The molecular formula is C10H18F2O2. The first-order valence-electron chi connectivity index (χ1n) is 5.01. The van der Waals surface area contributed by atoms with Gasteiger partial charge < -0.3 is 5.11 Å². The molecule has 0 aromatic heterocycles. The summed E-state index contributed by atoms with van der Waals surface area (Å²) in [5.74, 6) is -3.34. The summed E-state index contributed by atoms with van der Waals surface area (Å²) in [7, 11) is 0. The van der Waals surface area contributed by atoms with E-state index in [0.717, 1.165) is 26.2 Å². The fourth-order valence-electron chi connectivity index (χ4n) is 1.24. The number of rotatable bonds is 8. The predicted octanol–water partition coefficient (Wildman–Crippen LogP) is 3.46. The number of hydrogen-bond acceptors (Lipinski definition) is 1. The van der Waals surface area contributed by atoms with Crippen LogP contribution in [0.5, 0.6) is 0 Å². The van der Waals surface area contributed by atoms with Crippen LogP contribution in [0, 0.1) is 0 Å². The molecule has 1 N–H and O–H groups in total. The molecule has 0 saturated heterocycles. The van der Waals surface area contributed by atoms with Crippen LogP contribution in [0.1, 0.15) is 51.9 Å². The summed E-state index contributed by atoms with van der Waals surface area (Å²) in [6.07, 6.45) is 3.73. The lowest BCUT2D eigenvalue weighted by Crippen LogP contribution is -2.08. The fourth-order valence-corrected chi connectivity index (χ4v) is 1.24. The molecule has 0 radical (unpaired) electrons. The third-order valence-electron chi connectivity index (χ3n) is 2.01. The number of aliphatic carboxylic acids is 1. The highest BCUT2D eigenvalue weighted by molar-refractivity contribution is 5.66. The summed E-state index contributed by atoms with van der Waals surface area (Å²) in [5, 5.41) is 8.32. The number of carboxylic acids is 1. The topological polar surface area (TPSA) is 37.3 Å². The van der Waals surface area contributed by atoms with Gasteiger partial charge in [-0.2, -0.15) is 0 Å². The van der Waals surface area contributed by atoms with Crippen molar-refractivity contribution in [3.63, 3.8) is 0 Å². The van der Waals surface area contributed by atoms with Gasteiger partial charge in [0, 0.05) is 12.8 Å². The molecule has 2 nitrogen and oxygen atoms in total. The van der Waals surface area contributed by atoms with Gasteiger partial charge >= 0.3 is 5.97 Å². The Labute approximate surface area is 83.3 Å². The van der Waals surface area contributed by atoms with Gasteiger partial charge in [-0.05, 0) is 19.8 Å². The van der Waals surface area contributed by atoms with Crippen molar-refractivity contribution in [2.75, 3.05) is 0 Å². The predicted molar refractivity (Wildman–Crippen MR) is 50.6 cm³/mol. The van der Waals surface area contributed by atoms with E-state index in [2.05, 4.69) is 0 Å². The van der Waals surface area contributed by atoms with Crippen LogP contribution < -0.4 is 0 Å². The maximum atomic E-state index is 12.3. The smallest absolute Gasteiger partial charge is 0.303 e. The van der Waals surface area contributed by atoms with Gasteiger partial charge in [-0.3, -0.25) is 4.79 Å². The zero-order chi connectivity index (χ0) is 11.0. The molecule has 0 atom stereocenters. The summed E-state index contributed by atoms with van der Waals surface area (Å²) >= 11 is 0. The molecule has 84 valence electrons. The normalized spacial score (nSPS) is 11.6. The molecule has 14 heavy (non-hydrogen) atoms. The van der Waals surface area contributed by atoms with E-state index in [1.165, 1.54) is 0 Å². The van der Waals surface area contributed by atoms with Crippen LogP contribution in [-0.4, -0.2) is 17.0 Å². The van der Waals surface area contributed by atoms with Gasteiger partial charge in [0.2, 0.25) is 5.92 Å². The molecule has 0 spiro atoms. The fraction of sp³-hybridized carbons (Fsp3) is 0.900. The van der Waals surface area contributed by atoms with Crippen LogP contribution in [0.15, 0.2) is 0 Å². The van der Waals surface area contributed by atoms with E-state index in [-0.39, 0.29) is 12.8 Å². The van der Waals surface area contributed by atoms with E-state index in [1.54, 1.807) is 0 Å². The first-order chi connectivity index (χ1) is 6.42. The van der Waals surface area contributed by atoms with Crippen molar-refractivity contribution in [2.45, 2.75) is 57.8 Å². The summed E-state index contributed by atoms with van der Waals surface area (Å²) in [6.45, 7) is 0.928. The molecule has 0 fully saturated rings. The average Bonchev–Trinajstić information content (AvgIpc) is 2.00. The summed E-state index contributed by atoms with van der Waals surface area (Å²) in [4.78, 5) is 10.1. The summed E-state index contributed by atoms with van der Waals surface area (Å²) in [5.41, 5.74) is 0. The molecule has 4 heteroatoms. The number of carbonyl (C=O) groups is 1. The maximum absolute atomic E-state index is 12.3. The molecule has 0 bridgehead atoms. The van der Waals surface area contributed by atoms with E-state index in [9.17, 15) is 13.6 Å². The van der Waals surface area contributed by atoms with Crippen LogP contribution in [-0.2, 0) is 4.79 Å². The minimum atomic E-state index is -2.55. The second kappa shape index (κ2) is 6.74. The molecular weight excluding hydrogens is 190 g/mol. The lowest BCUT2D eigenvalue weighted by Gasteiger charge is -2.08. The van der Waals surface area contributed by atoms with Crippen LogP contribution >= 0.6 is 0 Å². The SMILES string of the molecule is CC(F)(F)CCCCCCCC(=O)O. The van der Waals surface area contributed by atoms with Gasteiger partial charge in [-0.1, -0.05) is 19.3 Å². The lowest BCUT2D eigenvalue weighted by atomic mass is 10.1. The molecule has 0 heterocycles. The Hall–Kier alpha value is -0.670. The Morgan fingerprint density at radius 3 is 2.14 bits per heavy atom. The van der Waals surface area contributed by atoms with E-state index in [0.29, 0.717) is 12.8 Å². The van der Waals surface area contributed by atoms with Crippen molar-refractivity contribution in [1.29, 1.82) is 0 Å². The summed E-state index contributed by atoms with van der Waals surface area (Å²) in [6, 6.07) is 0. The Morgan fingerprint density at radius 2 is 1.64 bits per heavy atom. The van der Waals surface area contributed by atoms with Crippen molar-refractivity contribution in [3.05, 3.63) is 0 Å². The molecule has 0 saturated carbocycles. The second-order valence-corrected chi connectivity index (χ2v) is 3.73. The van der Waals surface area contributed by atoms with Gasteiger partial charge in [-0.25, -0.2) is 8.78 Å². The van der Waals surface area contributed by atoms with Crippen molar-refractivity contribution in [3.8, 4) is 0 Å². The maximum Gasteiger partial charge on any atom is 0.303 e. The van der Waals surface area contributed by atoms with E-state index < -0.39 is 11.9 Å². The van der Waals surface area contributed by atoms with Crippen LogP contribution in [0.4, 0.5) is 8.78 Å². The lowest BCUT2D eigenvalue weighted by molar-refractivity contribution is -0.137. The number of carboxylic acid groups (broad SMARTS) is 1. The molecule has 0 amide bonds. The Bertz CT molecular complexity index is 164. The third-order valence-corrected chi connectivity index (χ3v) is 2.01. The largest absolute Gasteiger partial charge is 0.481 e. The van der Waals surface area contributed by atoms with Crippen molar-refractivity contribution < 1.29 is 18.7 Å². The van der Waals surface area contributed by atoms with Crippen molar-refractivity contribution in [1.82, 2.24) is 0 Å². The van der Waals surface area contributed by atoms with Crippen molar-refractivity contribution >= 4 is 5.97 Å². The minimum absolute atomic E-state index is 0.0636. The quantitative estimate of drug-likeness (QED) is 0.620. The Balaban J connectivity index is 3.11. The highest BCUT2D eigenvalue weighted by Crippen LogP contribution is 2.20. The number of halogens is 2. The number of hydrogen-bond donors (Lipinski definition) is 1. The molecule has 0 aliphatic rings. The van der Waals surface area contributed by atoms with Gasteiger partial charge in [0.05, 0.1) is 0 Å². The van der Waals surface area contributed by atoms with Crippen molar-refractivity contribution in [2.24, 2.45) is 0 Å². The number of alkyl halides is 2. The standard InChI is InChI=1S/C10H18F2O2/c1-10(11,12)8-6-4-2-3-5-7-9(13)14/h2-8H2,1H3,(H,13,14). The van der Waals surface area contributed by atoms with E-state index in [1.807, 2.05) is 0 Å². The molecule has 0 rings (SSSR count). The van der Waals surface area contributed by atoms with Gasteiger partial charge in [0.25, 0.3) is 0 Å². The molecule has 0 aliphatic carbocycles. The Kier molecular flexibility index (Phi) is 6.41. The zero-order valence-electron chi connectivity index (χ0n) is 8.56. The van der Waals surface area contributed by atoms with E-state index >= 15 is 0 Å². The molecule has 0 aromatic rings. The average molecular weight is 208 g/mol. The van der Waals surface area contributed by atoms with E-state index in [4.69, 9.17) is 5.11 Å². The Morgan fingerprint density at radius 1 is 1.14 bits per heavy atom. The molecule has 0 unspecified atom stereocenters. The van der Waals surface area contributed by atoms with Gasteiger partial charge in [0.15, 0.2) is 0 Å². The highest BCUT2D eigenvalue weighted by Gasteiger charge is 2.19. The highest BCUT2D eigenvalue weighted by atomic mass is 19.3.